The molecule has 2 nitrogen and oxygen atoms in total. The Labute approximate surface area is 264 Å². The lowest BCUT2D eigenvalue weighted by Crippen LogP contribution is -2.09. The zero-order chi connectivity index (χ0) is 32.0. The molecule has 7 aromatic carbocycles. The average molecular weight is 625 g/mol. The smallest absolute Gasteiger partial charge is 0.200 e. The van der Waals surface area contributed by atoms with Crippen LogP contribution in [-0.2, 0) is 0 Å². The molecule has 0 unspecified atom stereocenters. The molecule has 0 atom stereocenters. The summed E-state index contributed by atoms with van der Waals surface area (Å²) in [7, 11) is 0. The van der Waals surface area contributed by atoms with E-state index < -0.39 is 34.8 Å². The molecule has 0 bridgehead atoms. The predicted molar refractivity (Wildman–Crippen MR) is 178 cm³/mol. The van der Waals surface area contributed by atoms with Gasteiger partial charge in [0.05, 0.1) is 27.8 Å². The van der Waals surface area contributed by atoms with Crippen molar-refractivity contribution in [1.82, 2.24) is 9.13 Å². The van der Waals surface area contributed by atoms with Crippen LogP contribution in [0.25, 0.3) is 76.9 Å². The monoisotopic (exact) mass is 624 g/mol. The van der Waals surface area contributed by atoms with E-state index in [0.717, 1.165) is 54.0 Å². The molecule has 9 aromatic rings. The van der Waals surface area contributed by atoms with Crippen LogP contribution in [0.1, 0.15) is 0 Å². The van der Waals surface area contributed by atoms with Gasteiger partial charge in [0.2, 0.25) is 5.82 Å². The van der Waals surface area contributed by atoms with Gasteiger partial charge in [-0.15, -0.1) is 0 Å². The topological polar surface area (TPSA) is 9.86 Å². The van der Waals surface area contributed by atoms with Gasteiger partial charge in [-0.25, -0.2) is 22.0 Å². The van der Waals surface area contributed by atoms with Crippen LogP contribution >= 0.6 is 0 Å². The second-order valence-electron chi connectivity index (χ2n) is 11.6. The Kier molecular flexibility index (Phi) is 5.84. The van der Waals surface area contributed by atoms with Crippen molar-refractivity contribution < 1.29 is 22.0 Å². The van der Waals surface area contributed by atoms with Crippen LogP contribution in [0.2, 0.25) is 0 Å². The Balaban J connectivity index is 1.46. The minimum absolute atomic E-state index is 0.310. The van der Waals surface area contributed by atoms with Gasteiger partial charge in [0.15, 0.2) is 23.3 Å². The van der Waals surface area contributed by atoms with Crippen molar-refractivity contribution in [2.45, 2.75) is 0 Å². The Bertz CT molecular complexity index is 2710. The van der Waals surface area contributed by atoms with E-state index in [1.165, 1.54) is 0 Å². The molecule has 0 radical (unpaired) electrons. The highest BCUT2D eigenvalue weighted by Crippen LogP contribution is 2.43. The molecule has 0 saturated heterocycles. The molecule has 47 heavy (non-hydrogen) atoms. The number of halogens is 5. The summed E-state index contributed by atoms with van der Waals surface area (Å²) in [6.45, 7) is 0. The van der Waals surface area contributed by atoms with Crippen LogP contribution < -0.4 is 0 Å². The first-order valence-electron chi connectivity index (χ1n) is 15.0. The highest BCUT2D eigenvalue weighted by molar-refractivity contribution is 6.19. The van der Waals surface area contributed by atoms with Gasteiger partial charge >= 0.3 is 0 Å². The minimum Gasteiger partial charge on any atom is -0.309 e. The summed E-state index contributed by atoms with van der Waals surface area (Å²) in [5.41, 5.74) is 4.30. The summed E-state index contributed by atoms with van der Waals surface area (Å²) in [5, 5.41) is 4.97. The third kappa shape index (κ3) is 3.83. The molecule has 0 aliphatic carbocycles. The SMILES string of the molecule is Fc1c(F)c(F)c(-n2c3ccccc3c3cc4c(cc32)c2ccccc2n4-c2cc3ccccc3cc2-c2ccccc2)c(F)c1F. The van der Waals surface area contributed by atoms with E-state index in [9.17, 15) is 13.2 Å². The van der Waals surface area contributed by atoms with Gasteiger partial charge in [-0.2, -0.15) is 0 Å². The summed E-state index contributed by atoms with van der Waals surface area (Å²) in [5.74, 6) is -9.97. The van der Waals surface area contributed by atoms with Gasteiger partial charge < -0.3 is 9.13 Å². The highest BCUT2D eigenvalue weighted by atomic mass is 19.2. The van der Waals surface area contributed by atoms with Crippen LogP contribution in [0.4, 0.5) is 22.0 Å². The summed E-state index contributed by atoms with van der Waals surface area (Å²) >= 11 is 0. The van der Waals surface area contributed by atoms with Crippen molar-refractivity contribution in [3.63, 3.8) is 0 Å². The molecule has 0 aliphatic heterocycles. The van der Waals surface area contributed by atoms with Gasteiger partial charge in [0, 0.05) is 27.1 Å². The Hall–Kier alpha value is -5.95. The lowest BCUT2D eigenvalue weighted by atomic mass is 9.98. The maximum absolute atomic E-state index is 15.4. The first-order chi connectivity index (χ1) is 22.9. The van der Waals surface area contributed by atoms with Crippen LogP contribution in [-0.4, -0.2) is 9.13 Å². The standard InChI is InChI=1S/C40H21F5N2/c41-35-36(42)38(44)40(39(45)37(35)43)47-31-17-9-7-15-26(31)29-20-33-28(21-34(29)47)25-14-6-8-16-30(25)46(33)32-19-24-13-5-4-12-23(24)18-27(32)22-10-2-1-3-11-22/h1-21H. The van der Waals surface area contributed by atoms with Gasteiger partial charge in [0.1, 0.15) is 5.69 Å². The Morgan fingerprint density at radius 1 is 0.362 bits per heavy atom. The van der Waals surface area contributed by atoms with Crippen LogP contribution in [0, 0.1) is 29.1 Å². The second-order valence-corrected chi connectivity index (χ2v) is 11.6. The molecule has 0 spiro atoms. The Morgan fingerprint density at radius 2 is 0.830 bits per heavy atom. The number of fused-ring (bicyclic) bond motifs is 7. The maximum Gasteiger partial charge on any atom is 0.200 e. The van der Waals surface area contributed by atoms with E-state index in [-0.39, 0.29) is 0 Å². The normalized spacial score (nSPS) is 11.9. The van der Waals surface area contributed by atoms with Crippen molar-refractivity contribution >= 4 is 54.4 Å². The van der Waals surface area contributed by atoms with Gasteiger partial charge in [-0.1, -0.05) is 91.0 Å². The number of hydrogen-bond donors (Lipinski definition) is 0. The first kappa shape index (κ1) is 27.4. The van der Waals surface area contributed by atoms with E-state index in [1.54, 1.807) is 30.3 Å². The average Bonchev–Trinajstić information content (AvgIpc) is 3.61. The molecular formula is C40H21F5N2. The molecular weight excluding hydrogens is 603 g/mol. The fourth-order valence-corrected chi connectivity index (χ4v) is 6.98. The molecule has 0 saturated carbocycles. The molecule has 7 heteroatoms. The molecule has 0 fully saturated rings. The molecule has 0 amide bonds. The molecule has 226 valence electrons. The van der Waals surface area contributed by atoms with Crippen LogP contribution in [0.5, 0.6) is 0 Å². The molecule has 0 aliphatic rings. The van der Waals surface area contributed by atoms with Crippen molar-refractivity contribution in [3.05, 3.63) is 156 Å². The predicted octanol–water partition coefficient (Wildman–Crippen LogP) is 11.4. The van der Waals surface area contributed by atoms with E-state index in [2.05, 4.69) is 41.0 Å². The third-order valence-electron chi connectivity index (χ3n) is 9.07. The van der Waals surface area contributed by atoms with Gasteiger partial charge in [-0.3, -0.25) is 0 Å². The number of para-hydroxylation sites is 2. The number of nitrogens with zero attached hydrogens (tertiary/aromatic N) is 2. The van der Waals surface area contributed by atoms with Crippen LogP contribution in [0.15, 0.2) is 127 Å². The van der Waals surface area contributed by atoms with Gasteiger partial charge in [-0.05, 0) is 52.7 Å². The number of hydrogen-bond acceptors (Lipinski definition) is 0. The summed E-state index contributed by atoms with van der Waals surface area (Å²) in [6.07, 6.45) is 0. The first-order valence-corrected chi connectivity index (χ1v) is 15.0. The largest absolute Gasteiger partial charge is 0.309 e. The summed E-state index contributed by atoms with van der Waals surface area (Å²) in [6, 6.07) is 41.0. The van der Waals surface area contributed by atoms with Crippen molar-refractivity contribution in [2.24, 2.45) is 0 Å². The quantitative estimate of drug-likeness (QED) is 0.105. The zero-order valence-electron chi connectivity index (χ0n) is 24.4. The minimum atomic E-state index is -2.19. The Morgan fingerprint density at radius 3 is 1.45 bits per heavy atom. The summed E-state index contributed by atoms with van der Waals surface area (Å²) in [4.78, 5) is 0. The van der Waals surface area contributed by atoms with Crippen LogP contribution in [0.3, 0.4) is 0 Å². The third-order valence-corrected chi connectivity index (χ3v) is 9.07. The summed E-state index contributed by atoms with van der Waals surface area (Å²) < 4.78 is 77.4. The molecule has 0 N–H and O–H groups in total. The maximum atomic E-state index is 15.4. The highest BCUT2D eigenvalue weighted by Gasteiger charge is 2.29. The lowest BCUT2D eigenvalue weighted by Gasteiger charge is -2.16. The number of aromatic nitrogens is 2. The van der Waals surface area contributed by atoms with Gasteiger partial charge in [0.25, 0.3) is 0 Å². The fourth-order valence-electron chi connectivity index (χ4n) is 6.98. The lowest BCUT2D eigenvalue weighted by molar-refractivity contribution is 0.376. The second kappa shape index (κ2) is 10.0. The number of benzene rings is 7. The van der Waals surface area contributed by atoms with E-state index in [0.29, 0.717) is 21.8 Å². The van der Waals surface area contributed by atoms with E-state index in [4.69, 9.17) is 0 Å². The van der Waals surface area contributed by atoms with E-state index >= 15 is 8.78 Å². The number of rotatable bonds is 3. The molecule has 2 aromatic heterocycles. The molecule has 2 heterocycles. The van der Waals surface area contributed by atoms with Crippen molar-refractivity contribution in [3.8, 4) is 22.5 Å². The van der Waals surface area contributed by atoms with Crippen molar-refractivity contribution in [2.75, 3.05) is 0 Å². The molecule has 9 rings (SSSR count). The van der Waals surface area contributed by atoms with E-state index in [1.807, 2.05) is 60.7 Å². The zero-order valence-corrected chi connectivity index (χ0v) is 24.4. The van der Waals surface area contributed by atoms with Crippen molar-refractivity contribution in [1.29, 1.82) is 0 Å². The fraction of sp³-hybridized carbons (Fsp3) is 0.